The van der Waals surface area contributed by atoms with E-state index in [0.717, 1.165) is 24.1 Å². The second-order valence-corrected chi connectivity index (χ2v) is 12.2. The van der Waals surface area contributed by atoms with Crippen LogP contribution in [0.4, 0.5) is 11.4 Å². The Bertz CT molecular complexity index is 1730. The molecular formula is C33H29ClN4O5S. The minimum Gasteiger partial charge on any atom is -0.497 e. The molecule has 2 aliphatic rings. The molecule has 44 heavy (non-hydrogen) atoms. The molecule has 6 rings (SSSR count). The number of ether oxygens (including phenoxy) is 1. The highest BCUT2D eigenvalue weighted by molar-refractivity contribution is 7.09. The molecule has 0 radical (unpaired) electrons. The first-order valence-electron chi connectivity index (χ1n) is 14.2. The Kier molecular flexibility index (Phi) is 8.20. The third kappa shape index (κ3) is 5.58. The zero-order valence-electron chi connectivity index (χ0n) is 23.9. The van der Waals surface area contributed by atoms with Crippen molar-refractivity contribution in [1.29, 1.82) is 0 Å². The van der Waals surface area contributed by atoms with Crippen molar-refractivity contribution < 1.29 is 23.9 Å². The van der Waals surface area contributed by atoms with Gasteiger partial charge in [-0.05, 0) is 61.4 Å². The molecule has 1 aromatic heterocycles. The highest BCUT2D eigenvalue weighted by atomic mass is 35.5. The van der Waals surface area contributed by atoms with Gasteiger partial charge in [0.25, 0.3) is 11.7 Å². The van der Waals surface area contributed by atoms with E-state index in [1.807, 2.05) is 17.5 Å². The predicted molar refractivity (Wildman–Crippen MR) is 169 cm³/mol. The molecule has 2 heterocycles. The number of nitrogens with zero attached hydrogens (tertiary/aromatic N) is 3. The highest BCUT2D eigenvalue weighted by Gasteiger charge is 2.49. The van der Waals surface area contributed by atoms with E-state index in [0.29, 0.717) is 40.0 Å². The minimum atomic E-state index is -1.19. The van der Waals surface area contributed by atoms with E-state index < -0.39 is 23.1 Å². The first-order valence-corrected chi connectivity index (χ1v) is 15.5. The predicted octanol–water partition coefficient (Wildman–Crippen LogP) is 5.98. The van der Waals surface area contributed by atoms with Crippen LogP contribution in [0.25, 0.3) is 11.3 Å². The fourth-order valence-electron chi connectivity index (χ4n) is 5.88. The number of thiazole rings is 1. The Morgan fingerprint density at radius 3 is 2.43 bits per heavy atom. The first-order chi connectivity index (χ1) is 21.3. The van der Waals surface area contributed by atoms with Crippen molar-refractivity contribution in [3.63, 3.8) is 0 Å². The van der Waals surface area contributed by atoms with Gasteiger partial charge in [-0.3, -0.25) is 24.1 Å². The van der Waals surface area contributed by atoms with E-state index >= 15 is 0 Å². The highest BCUT2D eigenvalue weighted by Crippen LogP contribution is 2.39. The molecular weight excluding hydrogens is 600 g/mol. The number of para-hydroxylation sites is 1. The number of anilines is 2. The van der Waals surface area contributed by atoms with Crippen LogP contribution in [0.1, 0.15) is 41.0 Å². The summed E-state index contributed by atoms with van der Waals surface area (Å²) in [6.07, 6.45) is 2.38. The zero-order chi connectivity index (χ0) is 30.8. The number of Topliss-reactive ketones (excluding diaryl/α,β-unsaturated/α-hetero) is 1. The van der Waals surface area contributed by atoms with Crippen LogP contribution in [0.3, 0.4) is 0 Å². The number of benzene rings is 3. The number of methoxy groups -OCH3 is 1. The number of carbonyl (C=O) groups excluding carboxylic acids is 4. The molecule has 1 aliphatic heterocycles. The third-order valence-corrected chi connectivity index (χ3v) is 9.26. The van der Waals surface area contributed by atoms with E-state index in [9.17, 15) is 19.2 Å². The lowest BCUT2D eigenvalue weighted by Gasteiger charge is -2.40. The van der Waals surface area contributed by atoms with E-state index in [-0.39, 0.29) is 24.6 Å². The van der Waals surface area contributed by atoms with Gasteiger partial charge in [0.15, 0.2) is 0 Å². The van der Waals surface area contributed by atoms with Crippen LogP contribution in [0.15, 0.2) is 78.2 Å². The molecule has 9 nitrogen and oxygen atoms in total. The maximum atomic E-state index is 14.3. The number of rotatable bonds is 9. The van der Waals surface area contributed by atoms with Crippen molar-refractivity contribution in [2.24, 2.45) is 0 Å². The van der Waals surface area contributed by atoms with Crippen LogP contribution in [0.5, 0.6) is 5.75 Å². The molecule has 0 spiro atoms. The standard InChI is InChI=1S/C33H29ClN4O5S/c1-43-24-14-12-23(13-15-24)35-32(42)33(16-4-5-17-33)38(18-28-36-26(20-44-28)21-8-10-22(34)11-9-21)29(39)19-37-27-7-3-2-6-25(27)30(40)31(37)41/h2-3,6-15,20H,4-5,16-19H2,1H3,(H,35,42). The van der Waals surface area contributed by atoms with Crippen molar-refractivity contribution in [3.05, 3.63) is 93.8 Å². The molecule has 0 atom stereocenters. The SMILES string of the molecule is COc1ccc(NC(=O)C2(N(Cc3nc(-c4ccc(Cl)cc4)cs3)C(=O)CN3C(=O)C(=O)c4ccccc43)CCCC2)cc1. The van der Waals surface area contributed by atoms with Gasteiger partial charge in [0, 0.05) is 21.7 Å². The molecule has 0 bridgehead atoms. The summed E-state index contributed by atoms with van der Waals surface area (Å²) in [5.74, 6) is -1.52. The van der Waals surface area contributed by atoms with Crippen LogP contribution in [0.2, 0.25) is 5.02 Å². The summed E-state index contributed by atoms with van der Waals surface area (Å²) in [5, 5.41) is 6.16. The second-order valence-electron chi connectivity index (χ2n) is 10.8. The van der Waals surface area contributed by atoms with E-state index in [1.165, 1.54) is 16.2 Å². The third-order valence-electron chi connectivity index (χ3n) is 8.18. The van der Waals surface area contributed by atoms with Gasteiger partial charge in [-0.25, -0.2) is 4.98 Å². The molecule has 1 aliphatic carbocycles. The number of halogens is 1. The summed E-state index contributed by atoms with van der Waals surface area (Å²) in [6.45, 7) is -0.320. The minimum absolute atomic E-state index is 0.0603. The van der Waals surface area contributed by atoms with Crippen LogP contribution in [-0.2, 0) is 20.9 Å². The molecule has 4 aromatic rings. The van der Waals surface area contributed by atoms with E-state index in [1.54, 1.807) is 72.7 Å². The van der Waals surface area contributed by atoms with Gasteiger partial charge < -0.3 is 15.0 Å². The van der Waals surface area contributed by atoms with Gasteiger partial charge in [0.1, 0.15) is 22.8 Å². The molecule has 3 amide bonds. The number of fused-ring (bicyclic) bond motifs is 1. The summed E-state index contributed by atoms with van der Waals surface area (Å²) in [5.41, 5.74) is 1.64. The lowest BCUT2D eigenvalue weighted by Crippen LogP contribution is -2.59. The fraction of sp³-hybridized carbons (Fsp3) is 0.242. The average Bonchev–Trinajstić information content (AvgIpc) is 3.78. The van der Waals surface area contributed by atoms with Crippen molar-refractivity contribution in [2.45, 2.75) is 37.8 Å². The van der Waals surface area contributed by atoms with Crippen LogP contribution in [-0.4, -0.2) is 52.6 Å². The van der Waals surface area contributed by atoms with Gasteiger partial charge in [0.05, 0.1) is 30.6 Å². The molecule has 224 valence electrons. The number of hydrogen-bond donors (Lipinski definition) is 1. The van der Waals surface area contributed by atoms with Crippen LogP contribution >= 0.6 is 22.9 Å². The summed E-state index contributed by atoms with van der Waals surface area (Å²) in [7, 11) is 1.57. The Labute approximate surface area is 263 Å². The fourth-order valence-corrected chi connectivity index (χ4v) is 6.79. The van der Waals surface area contributed by atoms with Gasteiger partial charge in [-0.1, -0.05) is 48.7 Å². The van der Waals surface area contributed by atoms with Crippen LogP contribution < -0.4 is 15.0 Å². The number of nitrogens with one attached hydrogen (secondary N) is 1. The number of ketones is 1. The average molecular weight is 629 g/mol. The molecule has 3 aromatic carbocycles. The van der Waals surface area contributed by atoms with Crippen molar-refractivity contribution in [1.82, 2.24) is 9.88 Å². The molecule has 0 unspecified atom stereocenters. The largest absolute Gasteiger partial charge is 0.497 e. The van der Waals surface area contributed by atoms with Gasteiger partial charge in [-0.15, -0.1) is 11.3 Å². The Balaban J connectivity index is 1.34. The van der Waals surface area contributed by atoms with Gasteiger partial charge >= 0.3 is 0 Å². The summed E-state index contributed by atoms with van der Waals surface area (Å²) in [4.78, 5) is 61.7. The lowest BCUT2D eigenvalue weighted by atomic mass is 9.92. The number of amides is 3. The van der Waals surface area contributed by atoms with Crippen molar-refractivity contribution in [3.8, 4) is 17.0 Å². The van der Waals surface area contributed by atoms with Crippen molar-refractivity contribution in [2.75, 3.05) is 23.9 Å². The molecule has 0 saturated heterocycles. The molecule has 1 saturated carbocycles. The lowest BCUT2D eigenvalue weighted by molar-refractivity contribution is -0.145. The van der Waals surface area contributed by atoms with Crippen LogP contribution in [0, 0.1) is 0 Å². The van der Waals surface area contributed by atoms with Gasteiger partial charge in [-0.2, -0.15) is 0 Å². The maximum Gasteiger partial charge on any atom is 0.299 e. The van der Waals surface area contributed by atoms with Crippen molar-refractivity contribution >= 4 is 57.8 Å². The Morgan fingerprint density at radius 1 is 1.02 bits per heavy atom. The second kappa shape index (κ2) is 12.2. The number of carbonyl (C=O) groups is 4. The number of aromatic nitrogens is 1. The van der Waals surface area contributed by atoms with E-state index in [2.05, 4.69) is 5.32 Å². The monoisotopic (exact) mass is 628 g/mol. The topological polar surface area (TPSA) is 109 Å². The van der Waals surface area contributed by atoms with Gasteiger partial charge in [0.2, 0.25) is 11.8 Å². The molecule has 11 heteroatoms. The maximum absolute atomic E-state index is 14.3. The quantitative estimate of drug-likeness (QED) is 0.228. The molecule has 1 N–H and O–H groups in total. The summed E-state index contributed by atoms with van der Waals surface area (Å²) in [6, 6.07) is 20.9. The number of hydrogen-bond acceptors (Lipinski definition) is 7. The smallest absolute Gasteiger partial charge is 0.299 e. The molecule has 1 fully saturated rings. The first kappa shape index (κ1) is 29.5. The summed E-state index contributed by atoms with van der Waals surface area (Å²) < 4.78 is 5.24. The summed E-state index contributed by atoms with van der Waals surface area (Å²) >= 11 is 7.45. The van der Waals surface area contributed by atoms with E-state index in [4.69, 9.17) is 21.3 Å². The Morgan fingerprint density at radius 2 is 1.73 bits per heavy atom. The Hall–Kier alpha value is -4.54. The zero-order valence-corrected chi connectivity index (χ0v) is 25.5. The normalized spacial score (nSPS) is 15.3.